The van der Waals surface area contributed by atoms with E-state index in [9.17, 15) is 0 Å². The van der Waals surface area contributed by atoms with Crippen LogP contribution in [0.25, 0.3) is 0 Å². The van der Waals surface area contributed by atoms with E-state index in [0.29, 0.717) is 0 Å². The van der Waals surface area contributed by atoms with E-state index in [0.717, 1.165) is 22.7 Å². The molecular formula is C26H26N2O2Si. The van der Waals surface area contributed by atoms with Gasteiger partial charge in [-0.05, 0) is 61.6 Å². The highest BCUT2D eigenvalue weighted by Gasteiger charge is 2.34. The summed E-state index contributed by atoms with van der Waals surface area (Å²) in [5, 5.41) is 3.72. The van der Waals surface area contributed by atoms with Crippen LogP contribution in [0.3, 0.4) is 0 Å². The van der Waals surface area contributed by atoms with Crippen molar-refractivity contribution in [1.29, 1.82) is 0 Å². The first-order valence-corrected chi connectivity index (χ1v) is 13.1. The van der Waals surface area contributed by atoms with Gasteiger partial charge in [-0.3, -0.25) is 9.05 Å². The van der Waals surface area contributed by atoms with Crippen LogP contribution >= 0.6 is 0 Å². The predicted molar refractivity (Wildman–Crippen MR) is 130 cm³/mol. The van der Waals surface area contributed by atoms with Gasteiger partial charge in [0.15, 0.2) is 0 Å². The highest BCUT2D eigenvalue weighted by Crippen LogP contribution is 2.32. The molecule has 4 rings (SSSR count). The molecule has 0 aliphatic rings. The molecule has 0 bridgehead atoms. The Bertz CT molecular complexity index is 896. The van der Waals surface area contributed by atoms with Crippen molar-refractivity contribution < 1.29 is 9.05 Å². The number of benzene rings is 4. The highest BCUT2D eigenvalue weighted by molar-refractivity contribution is 6.65. The SMILES string of the molecule is C[Si](C)(ON(c1ccccc1)c1ccccc1)ON(c1ccccc1)c1ccccc1. The minimum Gasteiger partial charge on any atom is -0.279 e. The molecule has 4 aromatic rings. The van der Waals surface area contributed by atoms with E-state index in [1.165, 1.54) is 0 Å². The first kappa shape index (κ1) is 20.9. The topological polar surface area (TPSA) is 24.9 Å². The van der Waals surface area contributed by atoms with Gasteiger partial charge < -0.3 is 0 Å². The Morgan fingerprint density at radius 3 is 0.871 bits per heavy atom. The molecule has 0 aliphatic heterocycles. The fourth-order valence-electron chi connectivity index (χ4n) is 3.22. The van der Waals surface area contributed by atoms with Crippen molar-refractivity contribution >= 4 is 31.3 Å². The van der Waals surface area contributed by atoms with Crippen LogP contribution in [0.2, 0.25) is 13.1 Å². The predicted octanol–water partition coefficient (Wildman–Crippen LogP) is 7.23. The van der Waals surface area contributed by atoms with Crippen LogP contribution < -0.4 is 10.1 Å². The minimum atomic E-state index is -2.71. The second-order valence-corrected chi connectivity index (χ2v) is 10.7. The molecule has 0 N–H and O–H groups in total. The van der Waals surface area contributed by atoms with Crippen LogP contribution in [-0.4, -0.2) is 8.56 Å². The van der Waals surface area contributed by atoms with Gasteiger partial charge in [0.25, 0.3) is 0 Å². The molecule has 156 valence electrons. The Morgan fingerprint density at radius 2 is 0.645 bits per heavy atom. The molecule has 0 radical (unpaired) electrons. The monoisotopic (exact) mass is 426 g/mol. The Morgan fingerprint density at radius 1 is 0.419 bits per heavy atom. The molecule has 0 aromatic heterocycles. The standard InChI is InChI=1S/C26H26N2O2Si/c1-31(2,29-27(23-15-7-3-8-16-23)24-17-9-4-10-18-24)30-28(25-19-11-5-12-20-25)26-21-13-6-14-22-26/h3-22H,1-2H3. The summed E-state index contributed by atoms with van der Waals surface area (Å²) in [5.74, 6) is 0. The number of nitrogens with zero attached hydrogens (tertiary/aromatic N) is 2. The van der Waals surface area contributed by atoms with Crippen LogP contribution in [0.4, 0.5) is 22.7 Å². The molecule has 0 spiro atoms. The van der Waals surface area contributed by atoms with Gasteiger partial charge in [-0.1, -0.05) is 72.8 Å². The van der Waals surface area contributed by atoms with E-state index in [1.807, 2.05) is 145 Å². The van der Waals surface area contributed by atoms with Gasteiger partial charge in [-0.25, -0.2) is 10.1 Å². The first-order valence-electron chi connectivity index (χ1n) is 10.3. The third-order valence-corrected chi connectivity index (χ3v) is 5.83. The van der Waals surface area contributed by atoms with E-state index >= 15 is 0 Å². The van der Waals surface area contributed by atoms with Crippen molar-refractivity contribution in [3.05, 3.63) is 121 Å². The maximum absolute atomic E-state index is 6.59. The van der Waals surface area contributed by atoms with Crippen molar-refractivity contribution in [2.24, 2.45) is 0 Å². The van der Waals surface area contributed by atoms with Crippen molar-refractivity contribution in [3.8, 4) is 0 Å². The molecule has 0 amide bonds. The van der Waals surface area contributed by atoms with E-state index in [2.05, 4.69) is 0 Å². The average molecular weight is 427 g/mol. The molecule has 31 heavy (non-hydrogen) atoms. The van der Waals surface area contributed by atoms with Crippen LogP contribution in [-0.2, 0) is 9.05 Å². The molecule has 4 nitrogen and oxygen atoms in total. The Hall–Kier alpha value is -3.38. The zero-order chi connectivity index (χ0) is 21.5. The molecule has 0 heterocycles. The van der Waals surface area contributed by atoms with Crippen LogP contribution in [0, 0.1) is 0 Å². The smallest absolute Gasteiger partial charge is 0.279 e. The molecule has 0 unspecified atom stereocenters. The summed E-state index contributed by atoms with van der Waals surface area (Å²) >= 11 is 0. The van der Waals surface area contributed by atoms with Crippen molar-refractivity contribution in [2.75, 3.05) is 10.1 Å². The Labute approximate surface area is 185 Å². The van der Waals surface area contributed by atoms with Crippen LogP contribution in [0.15, 0.2) is 121 Å². The summed E-state index contributed by atoms with van der Waals surface area (Å²) in [4.78, 5) is 0. The molecular weight excluding hydrogens is 400 g/mol. The first-order chi connectivity index (χ1) is 15.1. The number of hydrogen-bond acceptors (Lipinski definition) is 4. The van der Waals surface area contributed by atoms with Gasteiger partial charge in [0.05, 0.1) is 22.7 Å². The van der Waals surface area contributed by atoms with Gasteiger partial charge in [-0.2, -0.15) is 0 Å². The lowest BCUT2D eigenvalue weighted by Gasteiger charge is -2.36. The number of hydrogen-bond donors (Lipinski definition) is 0. The summed E-state index contributed by atoms with van der Waals surface area (Å²) < 4.78 is 13.2. The lowest BCUT2D eigenvalue weighted by molar-refractivity contribution is 0.181. The summed E-state index contributed by atoms with van der Waals surface area (Å²) in [5.41, 5.74) is 3.79. The van der Waals surface area contributed by atoms with E-state index in [1.54, 1.807) is 0 Å². The third-order valence-electron chi connectivity index (χ3n) is 4.59. The zero-order valence-corrected chi connectivity index (χ0v) is 18.8. The molecule has 0 aliphatic carbocycles. The Kier molecular flexibility index (Phi) is 6.48. The lowest BCUT2D eigenvalue weighted by atomic mass is 10.2. The fourth-order valence-corrected chi connectivity index (χ4v) is 4.55. The molecule has 4 aromatic carbocycles. The summed E-state index contributed by atoms with van der Waals surface area (Å²) in [6, 6.07) is 40.3. The van der Waals surface area contributed by atoms with Crippen molar-refractivity contribution in [1.82, 2.24) is 0 Å². The van der Waals surface area contributed by atoms with Gasteiger partial charge in [0.1, 0.15) is 0 Å². The van der Waals surface area contributed by atoms with E-state index < -0.39 is 8.56 Å². The number of rotatable bonds is 8. The van der Waals surface area contributed by atoms with Crippen molar-refractivity contribution in [2.45, 2.75) is 13.1 Å². The summed E-state index contributed by atoms with van der Waals surface area (Å²) in [7, 11) is -2.71. The third kappa shape index (κ3) is 5.41. The van der Waals surface area contributed by atoms with Crippen LogP contribution in [0.1, 0.15) is 0 Å². The average Bonchev–Trinajstić information content (AvgIpc) is 2.83. The largest absolute Gasteiger partial charge is 0.386 e. The van der Waals surface area contributed by atoms with Crippen molar-refractivity contribution in [3.63, 3.8) is 0 Å². The lowest BCUT2D eigenvalue weighted by Crippen LogP contribution is -2.45. The maximum atomic E-state index is 6.59. The summed E-state index contributed by atoms with van der Waals surface area (Å²) in [6.07, 6.45) is 0. The molecule has 0 saturated carbocycles. The quantitative estimate of drug-likeness (QED) is 0.219. The van der Waals surface area contributed by atoms with Gasteiger partial charge in [0, 0.05) is 0 Å². The van der Waals surface area contributed by atoms with E-state index in [-0.39, 0.29) is 0 Å². The fraction of sp³-hybridized carbons (Fsp3) is 0.0769. The second kappa shape index (κ2) is 9.62. The summed E-state index contributed by atoms with van der Waals surface area (Å²) in [6.45, 7) is 4.09. The molecule has 0 fully saturated rings. The maximum Gasteiger partial charge on any atom is 0.386 e. The normalized spacial score (nSPS) is 11.2. The zero-order valence-electron chi connectivity index (χ0n) is 17.8. The number of anilines is 4. The molecule has 0 saturated heterocycles. The van der Waals surface area contributed by atoms with E-state index in [4.69, 9.17) is 9.05 Å². The number of para-hydroxylation sites is 4. The van der Waals surface area contributed by atoms with Gasteiger partial charge >= 0.3 is 8.56 Å². The molecule has 0 atom stereocenters. The van der Waals surface area contributed by atoms with Crippen LogP contribution in [0.5, 0.6) is 0 Å². The minimum absolute atomic E-state index is 0.948. The highest BCUT2D eigenvalue weighted by atomic mass is 28.4. The van der Waals surface area contributed by atoms with Gasteiger partial charge in [-0.15, -0.1) is 0 Å². The second-order valence-electron chi connectivity index (χ2n) is 7.51. The Balaban J connectivity index is 1.65. The molecule has 5 heteroatoms. The van der Waals surface area contributed by atoms with Gasteiger partial charge in [0.2, 0.25) is 0 Å².